The van der Waals surface area contributed by atoms with Crippen LogP contribution in [0.1, 0.15) is 25.5 Å². The van der Waals surface area contributed by atoms with Gasteiger partial charge in [0.1, 0.15) is 12.0 Å². The maximum atomic E-state index is 5.80. The van der Waals surface area contributed by atoms with Crippen LogP contribution in [0.15, 0.2) is 36.4 Å². The molecule has 0 fully saturated rings. The van der Waals surface area contributed by atoms with Gasteiger partial charge in [0.05, 0.1) is 0 Å². The summed E-state index contributed by atoms with van der Waals surface area (Å²) in [5.74, 6) is 1.01. The van der Waals surface area contributed by atoms with E-state index in [0.717, 1.165) is 5.75 Å². The summed E-state index contributed by atoms with van der Waals surface area (Å²) < 4.78 is 5.80. The normalized spacial score (nSPS) is 23.9. The Bertz CT molecular complexity index is 535. The molecule has 82 valence electrons. The van der Waals surface area contributed by atoms with E-state index in [-0.39, 0.29) is 6.23 Å². The molecule has 0 amide bonds. The molecule has 0 saturated carbocycles. The van der Waals surface area contributed by atoms with Gasteiger partial charge in [0.15, 0.2) is 0 Å². The van der Waals surface area contributed by atoms with Gasteiger partial charge in [0, 0.05) is 11.6 Å². The smallest absolute Gasteiger partial charge is 0.147 e. The largest absolute Gasteiger partial charge is 0.475 e. The lowest BCUT2D eigenvalue weighted by Gasteiger charge is -2.30. The van der Waals surface area contributed by atoms with Crippen molar-refractivity contribution in [1.82, 2.24) is 5.32 Å². The lowest BCUT2D eigenvalue weighted by molar-refractivity contribution is 0.145. The summed E-state index contributed by atoms with van der Waals surface area (Å²) in [5.41, 5.74) is 1.27. The maximum absolute atomic E-state index is 5.80. The first-order chi connectivity index (χ1) is 7.75. The van der Waals surface area contributed by atoms with E-state index in [1.807, 2.05) is 6.92 Å². The predicted octanol–water partition coefficient (Wildman–Crippen LogP) is 3.23. The molecular formula is C14H15NO. The molecule has 2 atom stereocenters. The van der Waals surface area contributed by atoms with Crippen LogP contribution in [-0.2, 0) is 0 Å². The Morgan fingerprint density at radius 3 is 2.75 bits per heavy atom. The molecule has 0 saturated heterocycles. The van der Waals surface area contributed by atoms with Gasteiger partial charge in [0.2, 0.25) is 0 Å². The SMILES string of the molecule is C[C@@H]1N[C@@H](C)c2c(ccc3ccccc23)O1. The van der Waals surface area contributed by atoms with Crippen LogP contribution in [0.2, 0.25) is 0 Å². The topological polar surface area (TPSA) is 21.3 Å². The molecule has 1 heterocycles. The Hall–Kier alpha value is -1.54. The lowest BCUT2D eigenvalue weighted by Crippen LogP contribution is -2.38. The van der Waals surface area contributed by atoms with E-state index in [2.05, 4.69) is 48.6 Å². The summed E-state index contributed by atoms with van der Waals surface area (Å²) in [5, 5.41) is 5.96. The minimum atomic E-state index is 0.0867. The Kier molecular flexibility index (Phi) is 2.11. The van der Waals surface area contributed by atoms with Gasteiger partial charge in [-0.05, 0) is 30.7 Å². The van der Waals surface area contributed by atoms with Crippen LogP contribution in [0.25, 0.3) is 10.8 Å². The molecule has 3 rings (SSSR count). The molecule has 1 aliphatic rings. The van der Waals surface area contributed by atoms with Crippen molar-refractivity contribution < 1.29 is 4.74 Å². The average Bonchev–Trinajstić information content (AvgIpc) is 2.28. The van der Waals surface area contributed by atoms with Crippen molar-refractivity contribution in [2.45, 2.75) is 26.1 Å². The molecule has 0 unspecified atom stereocenters. The van der Waals surface area contributed by atoms with Crippen molar-refractivity contribution in [3.63, 3.8) is 0 Å². The van der Waals surface area contributed by atoms with Gasteiger partial charge >= 0.3 is 0 Å². The molecular weight excluding hydrogens is 198 g/mol. The summed E-state index contributed by atoms with van der Waals surface area (Å²) in [4.78, 5) is 0. The van der Waals surface area contributed by atoms with E-state index in [9.17, 15) is 0 Å². The van der Waals surface area contributed by atoms with Gasteiger partial charge in [-0.2, -0.15) is 0 Å². The van der Waals surface area contributed by atoms with E-state index < -0.39 is 0 Å². The average molecular weight is 213 g/mol. The van der Waals surface area contributed by atoms with E-state index >= 15 is 0 Å². The van der Waals surface area contributed by atoms with Crippen LogP contribution in [0, 0.1) is 0 Å². The third-order valence-corrected chi connectivity index (χ3v) is 3.15. The highest BCUT2D eigenvalue weighted by atomic mass is 16.5. The van der Waals surface area contributed by atoms with Crippen LogP contribution in [0.4, 0.5) is 0 Å². The van der Waals surface area contributed by atoms with Crippen LogP contribution in [0.5, 0.6) is 5.75 Å². The number of hydrogen-bond acceptors (Lipinski definition) is 2. The standard InChI is InChI=1S/C14H15NO/c1-9-14-12-6-4-3-5-11(12)7-8-13(14)16-10(2)15-9/h3-10,15H,1-2H3/t9-,10+/m0/s1. The molecule has 2 nitrogen and oxygen atoms in total. The molecule has 0 radical (unpaired) electrons. The van der Waals surface area contributed by atoms with Crippen molar-refractivity contribution in [2.24, 2.45) is 0 Å². The first kappa shape index (κ1) is 9.67. The monoisotopic (exact) mass is 213 g/mol. The molecule has 1 aliphatic heterocycles. The zero-order valence-corrected chi connectivity index (χ0v) is 9.53. The van der Waals surface area contributed by atoms with E-state index in [0.29, 0.717) is 6.04 Å². The molecule has 0 aromatic heterocycles. The highest BCUT2D eigenvalue weighted by Crippen LogP contribution is 2.36. The summed E-state index contributed by atoms with van der Waals surface area (Å²) in [6.45, 7) is 4.22. The molecule has 2 heteroatoms. The van der Waals surface area contributed by atoms with Gasteiger partial charge in [-0.15, -0.1) is 0 Å². The molecule has 0 aliphatic carbocycles. The molecule has 1 N–H and O–H groups in total. The van der Waals surface area contributed by atoms with Crippen LogP contribution in [0.3, 0.4) is 0 Å². The van der Waals surface area contributed by atoms with Gasteiger partial charge in [0.25, 0.3) is 0 Å². The summed E-state index contributed by atoms with van der Waals surface area (Å²) in [6.07, 6.45) is 0.0867. The van der Waals surface area contributed by atoms with Gasteiger partial charge in [-0.3, -0.25) is 5.32 Å². The highest BCUT2D eigenvalue weighted by molar-refractivity contribution is 5.88. The summed E-state index contributed by atoms with van der Waals surface area (Å²) in [6, 6.07) is 13.0. The lowest BCUT2D eigenvalue weighted by atomic mass is 9.97. The Morgan fingerprint density at radius 1 is 1.06 bits per heavy atom. The fourth-order valence-corrected chi connectivity index (χ4v) is 2.48. The highest BCUT2D eigenvalue weighted by Gasteiger charge is 2.23. The number of ether oxygens (including phenoxy) is 1. The molecule has 0 spiro atoms. The molecule has 0 bridgehead atoms. The first-order valence-electron chi connectivity index (χ1n) is 5.70. The Balaban J connectivity index is 2.29. The fourth-order valence-electron chi connectivity index (χ4n) is 2.48. The van der Waals surface area contributed by atoms with E-state index in [4.69, 9.17) is 4.74 Å². The summed E-state index contributed by atoms with van der Waals surface area (Å²) in [7, 11) is 0. The Labute approximate surface area is 95.2 Å². The second kappa shape index (κ2) is 3.49. The van der Waals surface area contributed by atoms with Crippen molar-refractivity contribution in [3.05, 3.63) is 42.0 Å². The van der Waals surface area contributed by atoms with E-state index in [1.165, 1.54) is 16.3 Å². The minimum absolute atomic E-state index is 0.0867. The zero-order chi connectivity index (χ0) is 11.1. The quantitative estimate of drug-likeness (QED) is 0.725. The second-order valence-electron chi connectivity index (χ2n) is 4.35. The molecule has 2 aromatic rings. The first-order valence-corrected chi connectivity index (χ1v) is 5.70. The third-order valence-electron chi connectivity index (χ3n) is 3.15. The number of nitrogens with one attached hydrogen (secondary N) is 1. The molecule has 2 aromatic carbocycles. The van der Waals surface area contributed by atoms with Crippen molar-refractivity contribution in [2.75, 3.05) is 0 Å². The van der Waals surface area contributed by atoms with Crippen molar-refractivity contribution in [1.29, 1.82) is 0 Å². The fraction of sp³-hybridized carbons (Fsp3) is 0.286. The minimum Gasteiger partial charge on any atom is -0.475 e. The van der Waals surface area contributed by atoms with Crippen molar-refractivity contribution >= 4 is 10.8 Å². The number of fused-ring (bicyclic) bond motifs is 3. The van der Waals surface area contributed by atoms with Crippen molar-refractivity contribution in [3.8, 4) is 5.75 Å². The van der Waals surface area contributed by atoms with Gasteiger partial charge in [-0.25, -0.2) is 0 Å². The number of hydrogen-bond donors (Lipinski definition) is 1. The number of rotatable bonds is 0. The Morgan fingerprint density at radius 2 is 1.88 bits per heavy atom. The summed E-state index contributed by atoms with van der Waals surface area (Å²) >= 11 is 0. The number of benzene rings is 2. The molecule has 16 heavy (non-hydrogen) atoms. The third kappa shape index (κ3) is 1.38. The van der Waals surface area contributed by atoms with Crippen LogP contribution in [-0.4, -0.2) is 6.23 Å². The zero-order valence-electron chi connectivity index (χ0n) is 9.53. The van der Waals surface area contributed by atoms with E-state index in [1.54, 1.807) is 0 Å². The van der Waals surface area contributed by atoms with Gasteiger partial charge < -0.3 is 4.74 Å². The predicted molar refractivity (Wildman–Crippen MR) is 65.6 cm³/mol. The second-order valence-corrected chi connectivity index (χ2v) is 4.35. The van der Waals surface area contributed by atoms with Crippen LogP contribution >= 0.6 is 0 Å². The van der Waals surface area contributed by atoms with Gasteiger partial charge in [-0.1, -0.05) is 30.3 Å². The maximum Gasteiger partial charge on any atom is 0.147 e. The van der Waals surface area contributed by atoms with Crippen LogP contribution < -0.4 is 10.1 Å².